The van der Waals surface area contributed by atoms with Gasteiger partial charge in [0, 0.05) is 10.6 Å². The molecule has 0 aliphatic carbocycles. The van der Waals surface area contributed by atoms with Crippen LogP contribution >= 0.6 is 11.3 Å². The van der Waals surface area contributed by atoms with E-state index < -0.39 is 15.9 Å². The Kier molecular flexibility index (Phi) is 6.17. The van der Waals surface area contributed by atoms with Gasteiger partial charge >= 0.3 is 0 Å². The second kappa shape index (κ2) is 8.74. The van der Waals surface area contributed by atoms with E-state index in [1.807, 2.05) is 13.8 Å². The fourth-order valence-corrected chi connectivity index (χ4v) is 5.42. The lowest BCUT2D eigenvalue weighted by Gasteiger charge is -2.18. The van der Waals surface area contributed by atoms with Crippen molar-refractivity contribution in [2.75, 3.05) is 18.4 Å². The van der Waals surface area contributed by atoms with Crippen molar-refractivity contribution in [1.82, 2.24) is 14.5 Å². The van der Waals surface area contributed by atoms with Gasteiger partial charge in [-0.15, -0.1) is 11.3 Å². The molecule has 1 aliphatic rings. The van der Waals surface area contributed by atoms with Crippen LogP contribution in [0.2, 0.25) is 0 Å². The van der Waals surface area contributed by atoms with Crippen molar-refractivity contribution in [3.05, 3.63) is 50.9 Å². The first-order valence-corrected chi connectivity index (χ1v) is 12.6. The molecule has 3 aromatic rings. The Labute approximate surface area is 189 Å². The number of carbonyl (C=O) groups is 1. The van der Waals surface area contributed by atoms with Crippen molar-refractivity contribution in [3.63, 3.8) is 0 Å². The quantitative estimate of drug-likeness (QED) is 0.561. The Hall–Kier alpha value is -2.60. The second-order valence-electron chi connectivity index (χ2n) is 7.98. The average molecular weight is 476 g/mol. The van der Waals surface area contributed by atoms with Crippen LogP contribution in [0.15, 0.2) is 34.0 Å². The molecule has 9 nitrogen and oxygen atoms in total. The molecule has 4 rings (SSSR count). The molecule has 2 aromatic heterocycles. The van der Waals surface area contributed by atoms with Crippen molar-refractivity contribution in [2.24, 2.45) is 5.14 Å². The minimum atomic E-state index is -3.81. The summed E-state index contributed by atoms with van der Waals surface area (Å²) in [4.78, 5) is 34.8. The highest BCUT2D eigenvalue weighted by Crippen LogP contribution is 2.27. The van der Waals surface area contributed by atoms with E-state index in [9.17, 15) is 18.0 Å². The molecule has 0 radical (unpaired) electrons. The van der Waals surface area contributed by atoms with E-state index in [4.69, 9.17) is 10.1 Å². The van der Waals surface area contributed by atoms with Gasteiger partial charge in [-0.05, 0) is 69.6 Å². The predicted molar refractivity (Wildman–Crippen MR) is 124 cm³/mol. The van der Waals surface area contributed by atoms with Gasteiger partial charge in [0.15, 0.2) is 0 Å². The maximum Gasteiger partial charge on any atom is 0.263 e. The maximum absolute atomic E-state index is 13.4. The number of thiophene rings is 1. The van der Waals surface area contributed by atoms with Crippen LogP contribution in [0.4, 0.5) is 5.69 Å². The van der Waals surface area contributed by atoms with E-state index in [0.29, 0.717) is 28.3 Å². The molecule has 32 heavy (non-hydrogen) atoms. The minimum Gasteiger partial charge on any atom is -0.325 e. The summed E-state index contributed by atoms with van der Waals surface area (Å²) in [6, 6.07) is 5.56. The highest BCUT2D eigenvalue weighted by molar-refractivity contribution is 7.89. The van der Waals surface area contributed by atoms with Crippen LogP contribution < -0.4 is 16.0 Å². The normalized spacial score (nSPS) is 14.8. The number of carbonyl (C=O) groups excluding carboxylic acids is 1. The zero-order valence-electron chi connectivity index (χ0n) is 17.9. The molecule has 3 heterocycles. The third-order valence-electron chi connectivity index (χ3n) is 5.70. The Morgan fingerprint density at radius 1 is 1.19 bits per heavy atom. The third kappa shape index (κ3) is 4.60. The molecule has 170 valence electrons. The number of nitrogens with zero attached hydrogens (tertiary/aromatic N) is 3. The Balaban J connectivity index is 1.64. The summed E-state index contributed by atoms with van der Waals surface area (Å²) in [5, 5.41) is 8.38. The molecular weight excluding hydrogens is 450 g/mol. The summed E-state index contributed by atoms with van der Waals surface area (Å²) in [6.07, 6.45) is 2.22. The Morgan fingerprint density at radius 2 is 1.84 bits per heavy atom. The number of aryl methyl sites for hydroxylation is 2. The van der Waals surface area contributed by atoms with Crippen molar-refractivity contribution >= 4 is 43.2 Å². The zero-order valence-corrected chi connectivity index (χ0v) is 19.6. The van der Waals surface area contributed by atoms with Crippen LogP contribution in [0, 0.1) is 13.8 Å². The molecule has 11 heteroatoms. The number of anilines is 1. The van der Waals surface area contributed by atoms with Crippen molar-refractivity contribution in [2.45, 2.75) is 44.7 Å². The summed E-state index contributed by atoms with van der Waals surface area (Å²) < 4.78 is 24.3. The summed E-state index contributed by atoms with van der Waals surface area (Å²) >= 11 is 1.50. The first kappa shape index (κ1) is 22.6. The molecular formula is C21H25N5O4S2. The van der Waals surface area contributed by atoms with Gasteiger partial charge < -0.3 is 5.32 Å². The summed E-state index contributed by atoms with van der Waals surface area (Å²) in [5.74, 6) is 0.175. The summed E-state index contributed by atoms with van der Waals surface area (Å²) in [7, 11) is -3.81. The number of nitrogens with two attached hydrogens (primary N) is 1. The number of sulfonamides is 1. The number of fused-ring (bicyclic) bond motifs is 1. The zero-order chi connectivity index (χ0) is 23.0. The van der Waals surface area contributed by atoms with Gasteiger partial charge in [0.05, 0.1) is 16.8 Å². The number of benzene rings is 1. The smallest absolute Gasteiger partial charge is 0.263 e. The van der Waals surface area contributed by atoms with Gasteiger partial charge in [0.25, 0.3) is 5.56 Å². The molecule has 0 atom stereocenters. The number of likely N-dealkylation sites (tertiary alicyclic amines) is 1. The number of hydrogen-bond donors (Lipinski definition) is 2. The largest absolute Gasteiger partial charge is 0.325 e. The van der Waals surface area contributed by atoms with Gasteiger partial charge in [-0.3, -0.25) is 19.1 Å². The second-order valence-corrected chi connectivity index (χ2v) is 10.7. The van der Waals surface area contributed by atoms with Crippen LogP contribution in [0.25, 0.3) is 10.2 Å². The topological polar surface area (TPSA) is 127 Å². The molecule has 1 amide bonds. The van der Waals surface area contributed by atoms with Gasteiger partial charge in [-0.2, -0.15) is 0 Å². The van der Waals surface area contributed by atoms with Gasteiger partial charge in [0.2, 0.25) is 15.9 Å². The molecule has 1 fully saturated rings. The number of rotatable bonds is 6. The van der Waals surface area contributed by atoms with Gasteiger partial charge in [-0.25, -0.2) is 18.5 Å². The van der Waals surface area contributed by atoms with E-state index in [-0.39, 0.29) is 17.0 Å². The average Bonchev–Trinajstić information content (AvgIpc) is 3.33. The van der Waals surface area contributed by atoms with E-state index in [0.717, 1.165) is 36.4 Å². The Morgan fingerprint density at radius 3 is 2.47 bits per heavy atom. The summed E-state index contributed by atoms with van der Waals surface area (Å²) in [6.45, 7) is 6.07. The maximum atomic E-state index is 13.4. The third-order valence-corrected chi connectivity index (χ3v) is 7.73. The van der Waals surface area contributed by atoms with Gasteiger partial charge in [-0.1, -0.05) is 0 Å². The van der Waals surface area contributed by atoms with Crippen molar-refractivity contribution in [1.29, 1.82) is 0 Å². The number of amides is 1. The lowest BCUT2D eigenvalue weighted by molar-refractivity contribution is -0.116. The lowest BCUT2D eigenvalue weighted by Crippen LogP contribution is -2.33. The number of nitrogens with one attached hydrogen (secondary N) is 1. The van der Waals surface area contributed by atoms with Crippen molar-refractivity contribution in [3.8, 4) is 0 Å². The SMILES string of the molecule is Cc1sc2nc(CN3CCCC3)n(CC(=O)Nc3ccc(S(N)(=O)=O)cc3)c(=O)c2c1C. The molecule has 0 saturated carbocycles. The molecule has 0 spiro atoms. The number of primary sulfonamides is 1. The van der Waals surface area contributed by atoms with E-state index in [2.05, 4.69) is 10.2 Å². The summed E-state index contributed by atoms with van der Waals surface area (Å²) in [5.41, 5.74) is 1.09. The van der Waals surface area contributed by atoms with Crippen LogP contribution in [0.1, 0.15) is 29.1 Å². The van der Waals surface area contributed by atoms with Crippen molar-refractivity contribution < 1.29 is 13.2 Å². The van der Waals surface area contributed by atoms with Crippen LogP contribution in [0.5, 0.6) is 0 Å². The molecule has 1 saturated heterocycles. The van der Waals surface area contributed by atoms with E-state index in [1.165, 1.54) is 40.2 Å². The Bertz CT molecular complexity index is 1340. The fraction of sp³-hybridized carbons (Fsp3) is 0.381. The molecule has 1 aliphatic heterocycles. The molecule has 1 aromatic carbocycles. The van der Waals surface area contributed by atoms with Crippen LogP contribution in [-0.2, 0) is 27.9 Å². The monoisotopic (exact) mass is 475 g/mol. The highest BCUT2D eigenvalue weighted by Gasteiger charge is 2.21. The minimum absolute atomic E-state index is 0.0439. The van der Waals surface area contributed by atoms with E-state index in [1.54, 1.807) is 0 Å². The van der Waals surface area contributed by atoms with E-state index >= 15 is 0 Å². The number of aromatic nitrogens is 2. The highest BCUT2D eigenvalue weighted by atomic mass is 32.2. The first-order valence-electron chi connectivity index (χ1n) is 10.3. The van der Waals surface area contributed by atoms with Crippen LogP contribution in [-0.4, -0.2) is 41.9 Å². The first-order chi connectivity index (χ1) is 15.1. The lowest BCUT2D eigenvalue weighted by atomic mass is 10.2. The predicted octanol–water partition coefficient (Wildman–Crippen LogP) is 1.96. The van der Waals surface area contributed by atoms with Gasteiger partial charge in [0.1, 0.15) is 17.2 Å². The molecule has 0 bridgehead atoms. The molecule has 3 N–H and O–H groups in total. The standard InChI is InChI=1S/C21H25N5O4S2/c1-13-14(2)31-20-19(13)21(28)26(17(24-20)11-25-9-3-4-10-25)12-18(27)23-15-5-7-16(8-6-15)32(22,29)30/h5-8H,3-4,9-12H2,1-2H3,(H,23,27)(H2,22,29,30). The number of hydrogen-bond acceptors (Lipinski definition) is 7. The van der Waals surface area contributed by atoms with Crippen LogP contribution in [0.3, 0.4) is 0 Å². The fourth-order valence-electron chi connectivity index (χ4n) is 3.87. The molecule has 0 unspecified atom stereocenters.